The fourth-order valence-corrected chi connectivity index (χ4v) is 4.07. The smallest absolute Gasteiger partial charge is 0.209 e. The number of tetrazole rings is 1. The summed E-state index contributed by atoms with van der Waals surface area (Å²) >= 11 is 14.2. The molecule has 1 N–H and O–H groups in total. The van der Waals surface area contributed by atoms with Crippen LogP contribution in [0.25, 0.3) is 0 Å². The Kier molecular flexibility index (Phi) is 9.40. The molecule has 0 spiro atoms. The summed E-state index contributed by atoms with van der Waals surface area (Å²) in [5, 5.41) is 16.4. The van der Waals surface area contributed by atoms with Crippen LogP contribution in [0, 0.1) is 5.82 Å². The number of aryl methyl sites for hydroxylation is 1. The summed E-state index contributed by atoms with van der Waals surface area (Å²) in [7, 11) is 1.82. The third-order valence-electron chi connectivity index (χ3n) is 4.47. The zero-order valence-electron chi connectivity index (χ0n) is 17.8. The third kappa shape index (κ3) is 6.71. The molecule has 0 aliphatic carbocycles. The van der Waals surface area contributed by atoms with E-state index in [0.717, 1.165) is 29.4 Å². The number of rotatable bonds is 12. The molecule has 0 saturated carbocycles. The van der Waals surface area contributed by atoms with E-state index in [9.17, 15) is 4.39 Å². The first-order valence-electron chi connectivity index (χ1n) is 10.1. The Balaban J connectivity index is 1.55. The van der Waals surface area contributed by atoms with Gasteiger partial charge in [-0.05, 0) is 54.1 Å². The van der Waals surface area contributed by atoms with Gasteiger partial charge in [0.1, 0.15) is 12.4 Å². The number of thioether (sulfide) groups is 1. The summed E-state index contributed by atoms with van der Waals surface area (Å²) in [6, 6.07) is 8.05. The van der Waals surface area contributed by atoms with Crippen LogP contribution in [0.1, 0.15) is 24.5 Å². The number of nitrogens with one attached hydrogen (secondary N) is 1. The van der Waals surface area contributed by atoms with Crippen molar-refractivity contribution in [3.63, 3.8) is 0 Å². The largest absolute Gasteiger partial charge is 0.490 e. The van der Waals surface area contributed by atoms with Gasteiger partial charge in [-0.15, -0.1) is 5.10 Å². The van der Waals surface area contributed by atoms with E-state index >= 15 is 0 Å². The van der Waals surface area contributed by atoms with E-state index in [2.05, 4.69) is 20.8 Å². The first-order valence-corrected chi connectivity index (χ1v) is 11.8. The maximum absolute atomic E-state index is 14.0. The number of nitrogens with zero attached hydrogens (tertiary/aromatic N) is 4. The van der Waals surface area contributed by atoms with E-state index < -0.39 is 5.82 Å². The van der Waals surface area contributed by atoms with Crippen LogP contribution in [0.5, 0.6) is 11.5 Å². The second-order valence-electron chi connectivity index (χ2n) is 6.78. The first-order chi connectivity index (χ1) is 15.5. The van der Waals surface area contributed by atoms with Crippen molar-refractivity contribution >= 4 is 35.0 Å². The second kappa shape index (κ2) is 12.2. The quantitative estimate of drug-likeness (QED) is 0.280. The minimum absolute atomic E-state index is 0.0296. The van der Waals surface area contributed by atoms with Crippen LogP contribution >= 0.6 is 35.0 Å². The van der Waals surface area contributed by atoms with Crippen LogP contribution in [0.4, 0.5) is 4.39 Å². The number of halogens is 3. The first kappa shape index (κ1) is 24.6. The van der Waals surface area contributed by atoms with Crippen molar-refractivity contribution < 1.29 is 13.9 Å². The van der Waals surface area contributed by atoms with Gasteiger partial charge < -0.3 is 14.8 Å². The molecule has 172 valence electrons. The minimum atomic E-state index is -0.420. The highest BCUT2D eigenvalue weighted by atomic mass is 35.5. The fraction of sp³-hybridized carbons (Fsp3) is 0.381. The molecule has 0 bridgehead atoms. The Morgan fingerprint density at radius 1 is 1.16 bits per heavy atom. The van der Waals surface area contributed by atoms with Crippen molar-refractivity contribution in [2.75, 3.05) is 18.9 Å². The molecule has 32 heavy (non-hydrogen) atoms. The van der Waals surface area contributed by atoms with Gasteiger partial charge in [-0.25, -0.2) is 9.07 Å². The molecule has 0 fully saturated rings. The molecule has 1 heterocycles. The van der Waals surface area contributed by atoms with Crippen molar-refractivity contribution in [1.29, 1.82) is 0 Å². The molecule has 7 nitrogen and oxygen atoms in total. The van der Waals surface area contributed by atoms with Gasteiger partial charge in [0.2, 0.25) is 5.16 Å². The third-order valence-corrected chi connectivity index (χ3v) is 6.27. The van der Waals surface area contributed by atoms with Crippen molar-refractivity contribution in [3.05, 3.63) is 57.3 Å². The highest BCUT2D eigenvalue weighted by Crippen LogP contribution is 2.35. The summed E-state index contributed by atoms with van der Waals surface area (Å²) in [6.07, 6.45) is 0.943. The highest BCUT2D eigenvalue weighted by Gasteiger charge is 2.14. The Morgan fingerprint density at radius 2 is 1.97 bits per heavy atom. The molecular weight excluding hydrogens is 476 g/mol. The van der Waals surface area contributed by atoms with Gasteiger partial charge in [-0.3, -0.25) is 0 Å². The topological polar surface area (TPSA) is 74.1 Å². The Morgan fingerprint density at radius 3 is 2.69 bits per heavy atom. The van der Waals surface area contributed by atoms with E-state index in [0.29, 0.717) is 34.7 Å². The van der Waals surface area contributed by atoms with E-state index in [1.54, 1.807) is 34.6 Å². The Labute approximate surface area is 200 Å². The molecule has 1 aromatic heterocycles. The summed E-state index contributed by atoms with van der Waals surface area (Å²) in [5.74, 6) is 1.46. The lowest BCUT2D eigenvalue weighted by Gasteiger charge is -2.16. The number of ether oxygens (including phenoxy) is 2. The fourth-order valence-electron chi connectivity index (χ4n) is 2.84. The van der Waals surface area contributed by atoms with Gasteiger partial charge in [0.25, 0.3) is 0 Å². The lowest BCUT2D eigenvalue weighted by Crippen LogP contribution is -2.16. The second-order valence-corrected chi connectivity index (χ2v) is 8.65. The summed E-state index contributed by atoms with van der Waals surface area (Å²) in [5.41, 5.74) is 1.17. The van der Waals surface area contributed by atoms with Crippen molar-refractivity contribution in [1.82, 2.24) is 25.5 Å². The van der Waals surface area contributed by atoms with Gasteiger partial charge in [-0.2, -0.15) is 0 Å². The van der Waals surface area contributed by atoms with Gasteiger partial charge in [0, 0.05) is 36.0 Å². The molecule has 0 radical (unpaired) electrons. The monoisotopic (exact) mass is 499 g/mol. The van der Waals surface area contributed by atoms with Crippen molar-refractivity contribution in [3.8, 4) is 11.5 Å². The van der Waals surface area contributed by atoms with Gasteiger partial charge in [0.05, 0.1) is 11.6 Å². The van der Waals surface area contributed by atoms with Gasteiger partial charge in [0.15, 0.2) is 11.5 Å². The number of hydrogen-bond acceptors (Lipinski definition) is 7. The predicted molar refractivity (Wildman–Crippen MR) is 124 cm³/mol. The SMILES string of the molecule is CCOc1cc(CNCCCSc2nnnn2C)c(Cl)cc1OCc1c(F)cccc1Cl. The van der Waals surface area contributed by atoms with Crippen molar-refractivity contribution in [2.45, 2.75) is 31.7 Å². The van der Waals surface area contributed by atoms with E-state index in [1.165, 1.54) is 6.07 Å². The molecule has 0 atom stereocenters. The summed E-state index contributed by atoms with van der Waals surface area (Å²) in [6.45, 7) is 3.70. The molecule has 3 aromatic rings. The summed E-state index contributed by atoms with van der Waals surface area (Å²) in [4.78, 5) is 0. The van der Waals surface area contributed by atoms with E-state index in [-0.39, 0.29) is 12.2 Å². The Hall–Kier alpha value is -2.07. The van der Waals surface area contributed by atoms with Crippen LogP contribution in [-0.4, -0.2) is 39.1 Å². The predicted octanol–water partition coefficient (Wildman–Crippen LogP) is 4.91. The molecule has 11 heteroatoms. The molecule has 3 rings (SSSR count). The van der Waals surface area contributed by atoms with E-state index in [4.69, 9.17) is 32.7 Å². The van der Waals surface area contributed by atoms with Crippen LogP contribution in [0.2, 0.25) is 10.0 Å². The molecule has 0 unspecified atom stereocenters. The lowest BCUT2D eigenvalue weighted by atomic mass is 10.2. The lowest BCUT2D eigenvalue weighted by molar-refractivity contribution is 0.265. The van der Waals surface area contributed by atoms with Crippen LogP contribution in [0.3, 0.4) is 0 Å². The number of aromatic nitrogens is 4. The molecule has 0 amide bonds. The Bertz CT molecular complexity index is 1020. The average Bonchev–Trinajstić information content (AvgIpc) is 3.17. The number of benzene rings is 2. The zero-order valence-corrected chi connectivity index (χ0v) is 20.1. The highest BCUT2D eigenvalue weighted by molar-refractivity contribution is 7.99. The maximum Gasteiger partial charge on any atom is 0.209 e. The van der Waals surface area contributed by atoms with Gasteiger partial charge >= 0.3 is 0 Å². The average molecular weight is 500 g/mol. The molecule has 0 saturated heterocycles. The minimum Gasteiger partial charge on any atom is -0.490 e. The normalized spacial score (nSPS) is 11.0. The summed E-state index contributed by atoms with van der Waals surface area (Å²) < 4.78 is 27.2. The maximum atomic E-state index is 14.0. The standard InChI is InChI=1S/C21H24Cl2FN5O2S/c1-3-30-19-10-14(12-25-8-5-9-32-21-26-27-28-29(21)2)17(23)11-20(19)31-13-15-16(22)6-4-7-18(15)24/h4,6-7,10-11,25H,3,5,8-9,12-13H2,1-2H3. The van der Waals surface area contributed by atoms with Gasteiger partial charge in [-0.1, -0.05) is 41.0 Å². The molecular formula is C21H24Cl2FN5O2S. The van der Waals surface area contributed by atoms with E-state index in [1.807, 2.05) is 20.0 Å². The van der Waals surface area contributed by atoms with Crippen LogP contribution < -0.4 is 14.8 Å². The molecule has 0 aliphatic heterocycles. The zero-order chi connectivity index (χ0) is 22.9. The molecule has 0 aliphatic rings. The van der Waals surface area contributed by atoms with Crippen LogP contribution in [0.15, 0.2) is 35.5 Å². The van der Waals surface area contributed by atoms with Crippen LogP contribution in [-0.2, 0) is 20.2 Å². The number of hydrogen-bond donors (Lipinski definition) is 1. The molecule has 2 aromatic carbocycles. The van der Waals surface area contributed by atoms with Crippen molar-refractivity contribution in [2.24, 2.45) is 7.05 Å².